The SMILES string of the molecule is Cn1cc(-c2ccc(Cc3[nH]nc4ccc(C(=O)N5CCOCC5)cc34)cc2)cn1. The molecule has 0 aliphatic carbocycles. The number of ether oxygens (including phenoxy) is 1. The molecule has 152 valence electrons. The van der Waals surface area contributed by atoms with E-state index in [4.69, 9.17) is 4.74 Å². The molecule has 2 aromatic heterocycles. The lowest BCUT2D eigenvalue weighted by atomic mass is 10.0. The Morgan fingerprint density at radius 2 is 1.90 bits per heavy atom. The maximum absolute atomic E-state index is 12.8. The zero-order valence-electron chi connectivity index (χ0n) is 16.8. The third-order valence-electron chi connectivity index (χ3n) is 5.55. The van der Waals surface area contributed by atoms with Crippen molar-refractivity contribution in [3.05, 3.63) is 71.7 Å². The van der Waals surface area contributed by atoms with Gasteiger partial charge in [-0.25, -0.2) is 0 Å². The van der Waals surface area contributed by atoms with Gasteiger partial charge in [-0.15, -0.1) is 0 Å². The van der Waals surface area contributed by atoms with Crippen LogP contribution in [0, 0.1) is 0 Å². The molecule has 0 bridgehead atoms. The van der Waals surface area contributed by atoms with Crippen LogP contribution < -0.4 is 0 Å². The first kappa shape index (κ1) is 18.6. The van der Waals surface area contributed by atoms with E-state index in [2.05, 4.69) is 39.6 Å². The molecule has 3 heterocycles. The second-order valence-electron chi connectivity index (χ2n) is 7.62. The number of benzene rings is 2. The molecule has 1 aliphatic heterocycles. The predicted molar refractivity (Wildman–Crippen MR) is 114 cm³/mol. The van der Waals surface area contributed by atoms with E-state index in [-0.39, 0.29) is 5.91 Å². The molecule has 2 aromatic carbocycles. The molecule has 1 N–H and O–H groups in total. The minimum atomic E-state index is 0.0492. The molecule has 0 radical (unpaired) electrons. The van der Waals surface area contributed by atoms with Crippen LogP contribution in [0.2, 0.25) is 0 Å². The molecule has 4 aromatic rings. The highest BCUT2D eigenvalue weighted by molar-refractivity contribution is 5.98. The molecule has 0 unspecified atom stereocenters. The fourth-order valence-corrected chi connectivity index (χ4v) is 3.87. The minimum absolute atomic E-state index is 0.0492. The monoisotopic (exact) mass is 401 g/mol. The Morgan fingerprint density at radius 3 is 2.63 bits per heavy atom. The first-order valence-corrected chi connectivity index (χ1v) is 10.1. The topological polar surface area (TPSA) is 76.0 Å². The summed E-state index contributed by atoms with van der Waals surface area (Å²) in [6, 6.07) is 14.2. The van der Waals surface area contributed by atoms with Gasteiger partial charge in [-0.3, -0.25) is 14.6 Å². The molecule has 0 spiro atoms. The second-order valence-corrected chi connectivity index (χ2v) is 7.62. The molecule has 1 amide bonds. The summed E-state index contributed by atoms with van der Waals surface area (Å²) in [5.74, 6) is 0.0492. The predicted octanol–water partition coefficient (Wildman–Crippen LogP) is 3.03. The smallest absolute Gasteiger partial charge is 0.254 e. The normalized spacial score (nSPS) is 14.4. The van der Waals surface area contributed by atoms with Crippen molar-refractivity contribution < 1.29 is 9.53 Å². The third-order valence-corrected chi connectivity index (χ3v) is 5.55. The standard InChI is InChI=1S/C23H23N5O2/c1-27-15-19(14-24-27)17-4-2-16(3-5-17)12-22-20-13-18(6-7-21(20)25-26-22)23(29)28-8-10-30-11-9-28/h2-7,13-15H,8-12H2,1H3,(H,25,26). The van der Waals surface area contributed by atoms with Gasteiger partial charge < -0.3 is 9.64 Å². The van der Waals surface area contributed by atoms with Gasteiger partial charge in [0.25, 0.3) is 5.91 Å². The molecule has 1 saturated heterocycles. The number of amides is 1. The average molecular weight is 401 g/mol. The van der Waals surface area contributed by atoms with Crippen molar-refractivity contribution in [2.75, 3.05) is 26.3 Å². The summed E-state index contributed by atoms with van der Waals surface area (Å²) >= 11 is 0. The van der Waals surface area contributed by atoms with E-state index < -0.39 is 0 Å². The van der Waals surface area contributed by atoms with Crippen LogP contribution in [0.15, 0.2) is 54.9 Å². The Kier molecular flexibility index (Phi) is 4.80. The van der Waals surface area contributed by atoms with Gasteiger partial charge in [-0.05, 0) is 29.3 Å². The second kappa shape index (κ2) is 7.76. The first-order chi connectivity index (χ1) is 14.7. The number of rotatable bonds is 4. The van der Waals surface area contributed by atoms with E-state index in [1.807, 2.05) is 42.5 Å². The summed E-state index contributed by atoms with van der Waals surface area (Å²) in [5.41, 5.74) is 5.99. The molecular formula is C23H23N5O2. The lowest BCUT2D eigenvalue weighted by Crippen LogP contribution is -2.40. The van der Waals surface area contributed by atoms with E-state index in [0.29, 0.717) is 31.9 Å². The maximum Gasteiger partial charge on any atom is 0.254 e. The first-order valence-electron chi connectivity index (χ1n) is 10.1. The summed E-state index contributed by atoms with van der Waals surface area (Å²) in [5, 5.41) is 12.8. The Labute approximate surface area is 174 Å². The van der Waals surface area contributed by atoms with Crippen molar-refractivity contribution in [1.82, 2.24) is 24.9 Å². The quantitative estimate of drug-likeness (QED) is 0.570. The van der Waals surface area contributed by atoms with Gasteiger partial charge in [0.15, 0.2) is 0 Å². The van der Waals surface area contributed by atoms with Crippen molar-refractivity contribution >= 4 is 16.8 Å². The summed E-state index contributed by atoms with van der Waals surface area (Å²) in [6.07, 6.45) is 4.59. The number of H-pyrrole nitrogens is 1. The zero-order chi connectivity index (χ0) is 20.5. The Balaban J connectivity index is 1.38. The minimum Gasteiger partial charge on any atom is -0.378 e. The highest BCUT2D eigenvalue weighted by atomic mass is 16.5. The fourth-order valence-electron chi connectivity index (χ4n) is 3.87. The van der Waals surface area contributed by atoms with Gasteiger partial charge in [-0.1, -0.05) is 24.3 Å². The number of hydrogen-bond donors (Lipinski definition) is 1. The van der Waals surface area contributed by atoms with Crippen LogP contribution in [0.4, 0.5) is 0 Å². The number of nitrogens with one attached hydrogen (secondary N) is 1. The van der Waals surface area contributed by atoms with E-state index in [0.717, 1.165) is 34.1 Å². The van der Waals surface area contributed by atoms with Gasteiger partial charge >= 0.3 is 0 Å². The number of hydrogen-bond acceptors (Lipinski definition) is 4. The number of carbonyl (C=O) groups is 1. The van der Waals surface area contributed by atoms with Crippen LogP contribution in [-0.4, -0.2) is 57.1 Å². The Morgan fingerprint density at radius 1 is 1.10 bits per heavy atom. The van der Waals surface area contributed by atoms with E-state index >= 15 is 0 Å². The Bertz CT molecular complexity index is 1190. The van der Waals surface area contributed by atoms with E-state index in [1.54, 1.807) is 4.68 Å². The van der Waals surface area contributed by atoms with Gasteiger partial charge in [-0.2, -0.15) is 10.2 Å². The van der Waals surface area contributed by atoms with E-state index in [9.17, 15) is 4.79 Å². The Hall–Kier alpha value is -3.45. The van der Waals surface area contributed by atoms with Crippen molar-refractivity contribution in [3.8, 4) is 11.1 Å². The van der Waals surface area contributed by atoms with Crippen LogP contribution >= 0.6 is 0 Å². The molecule has 30 heavy (non-hydrogen) atoms. The van der Waals surface area contributed by atoms with Crippen LogP contribution in [0.25, 0.3) is 22.0 Å². The van der Waals surface area contributed by atoms with Crippen molar-refractivity contribution in [2.24, 2.45) is 7.05 Å². The summed E-state index contributed by atoms with van der Waals surface area (Å²) in [7, 11) is 1.92. The zero-order valence-corrected chi connectivity index (χ0v) is 16.8. The highest BCUT2D eigenvalue weighted by Crippen LogP contribution is 2.23. The maximum atomic E-state index is 12.8. The number of aromatic nitrogens is 4. The average Bonchev–Trinajstić information content (AvgIpc) is 3.40. The molecule has 7 nitrogen and oxygen atoms in total. The van der Waals surface area contributed by atoms with Gasteiger partial charge in [0.2, 0.25) is 0 Å². The van der Waals surface area contributed by atoms with E-state index in [1.165, 1.54) is 5.56 Å². The molecule has 5 rings (SSSR count). The molecule has 1 aliphatic rings. The largest absolute Gasteiger partial charge is 0.378 e. The van der Waals surface area contributed by atoms with Crippen LogP contribution in [0.3, 0.4) is 0 Å². The van der Waals surface area contributed by atoms with Crippen molar-refractivity contribution in [3.63, 3.8) is 0 Å². The van der Waals surface area contributed by atoms with Gasteiger partial charge in [0.05, 0.1) is 24.9 Å². The number of aromatic amines is 1. The van der Waals surface area contributed by atoms with Crippen molar-refractivity contribution in [2.45, 2.75) is 6.42 Å². The lowest BCUT2D eigenvalue weighted by molar-refractivity contribution is 0.0303. The molecule has 1 fully saturated rings. The molecule has 0 atom stereocenters. The molecule has 0 saturated carbocycles. The van der Waals surface area contributed by atoms with Gasteiger partial charge in [0.1, 0.15) is 0 Å². The van der Waals surface area contributed by atoms with Crippen LogP contribution in [0.5, 0.6) is 0 Å². The highest BCUT2D eigenvalue weighted by Gasteiger charge is 2.19. The summed E-state index contributed by atoms with van der Waals surface area (Å²) < 4.78 is 7.15. The third kappa shape index (κ3) is 3.59. The number of fused-ring (bicyclic) bond motifs is 1. The molecule has 7 heteroatoms. The number of aryl methyl sites for hydroxylation is 1. The van der Waals surface area contributed by atoms with Crippen LogP contribution in [-0.2, 0) is 18.2 Å². The van der Waals surface area contributed by atoms with Crippen LogP contribution in [0.1, 0.15) is 21.6 Å². The van der Waals surface area contributed by atoms with Crippen molar-refractivity contribution in [1.29, 1.82) is 0 Å². The number of morpholine rings is 1. The lowest BCUT2D eigenvalue weighted by Gasteiger charge is -2.26. The van der Waals surface area contributed by atoms with Gasteiger partial charge in [0, 0.05) is 55.0 Å². The number of carbonyl (C=O) groups excluding carboxylic acids is 1. The fraction of sp³-hybridized carbons (Fsp3) is 0.261. The molecular weight excluding hydrogens is 378 g/mol. The summed E-state index contributed by atoms with van der Waals surface area (Å²) in [6.45, 7) is 2.47. The number of nitrogens with zero attached hydrogens (tertiary/aromatic N) is 4. The summed E-state index contributed by atoms with van der Waals surface area (Å²) in [4.78, 5) is 14.7.